The molecule has 0 amide bonds. The van der Waals surface area contributed by atoms with Gasteiger partial charge in [-0.05, 0) is 0 Å². The molecule has 0 aromatic heterocycles. The Morgan fingerprint density at radius 1 is 1.11 bits per heavy atom. The van der Waals surface area contributed by atoms with E-state index >= 15 is 0 Å². The van der Waals surface area contributed by atoms with Crippen LogP contribution >= 0.6 is 0 Å². The molecule has 0 heterocycles. The third-order valence-corrected chi connectivity index (χ3v) is 0.635. The summed E-state index contributed by atoms with van der Waals surface area (Å²) in [5, 5.41) is 16.2. The maximum atomic E-state index is 8.08. The smallest absolute Gasteiger partial charge is 0.222 e. The minimum absolute atomic E-state index is 1.30. The van der Waals surface area contributed by atoms with Gasteiger partial charge in [0.05, 0.1) is 0 Å². The van der Waals surface area contributed by atoms with Gasteiger partial charge >= 0.3 is 5.66 Å². The first-order valence-corrected chi connectivity index (χ1v) is 1.84. The molecule has 0 rings (SSSR count). The largest absolute Gasteiger partial charge is 0.663 e. The Morgan fingerprint density at radius 2 is 1.44 bits per heavy atom. The molecule has 0 aliphatic carbocycles. The van der Waals surface area contributed by atoms with Gasteiger partial charge in [-0.2, -0.15) is 10.5 Å². The molecular weight excluding hydrogens is 116 g/mol. The van der Waals surface area contributed by atoms with E-state index in [4.69, 9.17) is 23.7 Å². The van der Waals surface area contributed by atoms with E-state index in [0.29, 0.717) is 0 Å². The van der Waals surface area contributed by atoms with Crippen LogP contribution in [0, 0.1) is 35.8 Å². The first-order valence-electron chi connectivity index (χ1n) is 1.84. The summed E-state index contributed by atoms with van der Waals surface area (Å²) in [7, 11) is 0. The minimum atomic E-state index is -2.14. The fourth-order valence-corrected chi connectivity index (χ4v) is 0.150. The maximum absolute atomic E-state index is 8.08. The van der Waals surface area contributed by atoms with Gasteiger partial charge in [0.25, 0.3) is 12.1 Å². The fraction of sp³-hybridized carbons (Fsp3) is 0.200. The van der Waals surface area contributed by atoms with Crippen LogP contribution in [0.2, 0.25) is 0 Å². The van der Waals surface area contributed by atoms with Crippen molar-refractivity contribution in [2.24, 2.45) is 0 Å². The molecule has 0 atom stereocenters. The topological polar surface area (TPSA) is 56.3 Å². The number of rotatable bonds is 0. The van der Waals surface area contributed by atoms with Gasteiger partial charge in [0.15, 0.2) is 0 Å². The Bertz CT molecular complexity index is 202. The maximum Gasteiger partial charge on any atom is 0.663 e. The predicted octanol–water partition coefficient (Wildman–Crippen LogP) is 0.568. The van der Waals surface area contributed by atoms with Gasteiger partial charge in [0.2, 0.25) is 0 Å². The molecule has 0 radical (unpaired) electrons. The summed E-state index contributed by atoms with van der Waals surface area (Å²) >= 11 is 0. The van der Waals surface area contributed by atoms with Crippen LogP contribution < -0.4 is 0 Å². The van der Waals surface area contributed by atoms with E-state index in [9.17, 15) is 0 Å². The van der Waals surface area contributed by atoms with Crippen molar-refractivity contribution in [2.75, 3.05) is 0 Å². The Kier molecular flexibility index (Phi) is 1.79. The quantitative estimate of drug-likeness (QED) is 0.434. The summed E-state index contributed by atoms with van der Waals surface area (Å²) in [6.45, 7) is 12.5. The lowest BCUT2D eigenvalue weighted by atomic mass is 10.3. The zero-order valence-corrected chi connectivity index (χ0v) is 4.29. The molecule has 0 spiro atoms. The van der Waals surface area contributed by atoms with Gasteiger partial charge in [0, 0.05) is 0 Å². The minimum Gasteiger partial charge on any atom is -0.222 e. The van der Waals surface area contributed by atoms with Crippen LogP contribution in [0.5, 0.6) is 0 Å². The molecule has 4 nitrogen and oxygen atoms in total. The highest BCUT2D eigenvalue weighted by Gasteiger charge is 2.44. The molecule has 4 heteroatoms. The summed E-state index contributed by atoms with van der Waals surface area (Å²) in [5.74, 6) is 0. The summed E-state index contributed by atoms with van der Waals surface area (Å²) in [5.41, 5.74) is -2.14. The van der Waals surface area contributed by atoms with Crippen LogP contribution in [-0.2, 0) is 0 Å². The lowest BCUT2D eigenvalue weighted by Gasteiger charge is -1.82. The van der Waals surface area contributed by atoms with Crippen LogP contribution in [0.3, 0.4) is 0 Å². The molecule has 0 aromatic rings. The number of nitrogens with zero attached hydrogens (tertiary/aromatic N) is 4. The molecule has 40 valence electrons. The van der Waals surface area contributed by atoms with Gasteiger partial charge in [-0.15, -0.1) is 0 Å². The van der Waals surface area contributed by atoms with E-state index in [0.717, 1.165) is 0 Å². The lowest BCUT2D eigenvalue weighted by Crippen LogP contribution is -2.11. The standard InChI is InChI=1S/C5N4/c1-8-5(3-6,4-7)9-2. The highest BCUT2D eigenvalue weighted by atomic mass is 15.0. The normalized spacial score (nSPS) is 7.56. The highest BCUT2D eigenvalue weighted by Crippen LogP contribution is 2.08. The average Bonchev–Trinajstić information content (AvgIpc) is 1.95. The zero-order valence-electron chi connectivity index (χ0n) is 4.29. The van der Waals surface area contributed by atoms with Gasteiger partial charge < -0.3 is 0 Å². The van der Waals surface area contributed by atoms with E-state index < -0.39 is 5.66 Å². The summed E-state index contributed by atoms with van der Waals surface area (Å²) in [4.78, 5) is 5.10. The lowest BCUT2D eigenvalue weighted by molar-refractivity contribution is 1.00. The van der Waals surface area contributed by atoms with Gasteiger partial charge in [0.1, 0.15) is 0 Å². The third-order valence-electron chi connectivity index (χ3n) is 0.635. The Balaban J connectivity index is 4.84. The van der Waals surface area contributed by atoms with Crippen molar-refractivity contribution in [3.63, 3.8) is 0 Å². The van der Waals surface area contributed by atoms with E-state index in [1.54, 1.807) is 0 Å². The Labute approximate surface area is 52.2 Å². The molecule has 0 fully saturated rings. The number of hydrogen-bond donors (Lipinski definition) is 0. The summed E-state index contributed by atoms with van der Waals surface area (Å²) < 4.78 is 0. The van der Waals surface area contributed by atoms with Crippen LogP contribution in [0.15, 0.2) is 0 Å². The van der Waals surface area contributed by atoms with Crippen molar-refractivity contribution < 1.29 is 0 Å². The monoisotopic (exact) mass is 116 g/mol. The van der Waals surface area contributed by atoms with Crippen molar-refractivity contribution in [3.8, 4) is 12.1 Å². The van der Waals surface area contributed by atoms with Crippen molar-refractivity contribution in [3.05, 3.63) is 22.8 Å². The molecule has 0 unspecified atom stereocenters. The van der Waals surface area contributed by atoms with Gasteiger partial charge in [-0.25, -0.2) is 22.8 Å². The molecular formula is C5N4. The van der Waals surface area contributed by atoms with E-state index in [1.165, 1.54) is 12.1 Å². The van der Waals surface area contributed by atoms with Crippen molar-refractivity contribution in [2.45, 2.75) is 5.66 Å². The van der Waals surface area contributed by atoms with E-state index in [1.807, 2.05) is 0 Å². The van der Waals surface area contributed by atoms with Crippen molar-refractivity contribution in [1.29, 1.82) is 10.5 Å². The SMILES string of the molecule is [C-]#[N+]C(C#N)(C#N)[N+]#[C-]. The zero-order chi connectivity index (χ0) is 7.33. The molecule has 9 heavy (non-hydrogen) atoms. The average molecular weight is 116 g/mol. The predicted molar refractivity (Wildman–Crippen MR) is 27.2 cm³/mol. The van der Waals surface area contributed by atoms with E-state index in [-0.39, 0.29) is 0 Å². The Hall–Kier alpha value is -2.04. The molecule has 0 saturated heterocycles. The molecule has 0 saturated carbocycles. The van der Waals surface area contributed by atoms with E-state index in [2.05, 4.69) is 9.69 Å². The first-order chi connectivity index (χ1) is 4.24. The second-order valence-electron chi connectivity index (χ2n) is 1.12. The number of hydrogen-bond acceptors (Lipinski definition) is 2. The molecule has 0 aliphatic rings. The summed E-state index contributed by atoms with van der Waals surface area (Å²) in [6, 6.07) is 2.59. The molecule has 0 N–H and O–H groups in total. The van der Waals surface area contributed by atoms with Gasteiger partial charge in [-0.3, -0.25) is 0 Å². The van der Waals surface area contributed by atoms with Gasteiger partial charge in [-0.1, -0.05) is 0 Å². The first kappa shape index (κ1) is 6.96. The molecule has 0 aliphatic heterocycles. The van der Waals surface area contributed by atoms with Crippen LogP contribution in [0.25, 0.3) is 9.69 Å². The second kappa shape index (κ2) is 2.31. The highest BCUT2D eigenvalue weighted by molar-refractivity contribution is 5.33. The number of nitriles is 2. The van der Waals surface area contributed by atoms with Crippen LogP contribution in [0.1, 0.15) is 0 Å². The van der Waals surface area contributed by atoms with Crippen LogP contribution in [-0.4, -0.2) is 5.66 Å². The fourth-order valence-electron chi connectivity index (χ4n) is 0.150. The molecule has 0 aromatic carbocycles. The second-order valence-corrected chi connectivity index (χ2v) is 1.12. The van der Waals surface area contributed by atoms with Crippen LogP contribution in [0.4, 0.5) is 0 Å². The van der Waals surface area contributed by atoms with Crippen molar-refractivity contribution in [1.82, 2.24) is 0 Å². The third kappa shape index (κ3) is 0.942. The summed E-state index contributed by atoms with van der Waals surface area (Å²) in [6.07, 6.45) is 0. The Morgan fingerprint density at radius 3 is 1.44 bits per heavy atom. The van der Waals surface area contributed by atoms with Crippen molar-refractivity contribution >= 4 is 0 Å². The molecule has 0 bridgehead atoms.